The van der Waals surface area contributed by atoms with E-state index in [9.17, 15) is 14.0 Å². The molecular weight excluding hydrogens is 435 g/mol. The molecule has 32 heavy (non-hydrogen) atoms. The molecule has 3 aromatic carbocycles. The Morgan fingerprint density at radius 2 is 1.53 bits per heavy atom. The summed E-state index contributed by atoms with van der Waals surface area (Å²) in [6, 6.07) is 17.0. The third-order valence-electron chi connectivity index (χ3n) is 5.11. The standard InChI is InChI=1S/C24H16ClFN2O4/c25-15-3-1-14(2-4-15)21-22(27-17-7-10-19-20(13-17)32-12-11-31-19)24(30)28(23(21)29)18-8-5-16(26)6-9-18/h1-10,13,27H,11-12H2. The van der Waals surface area contributed by atoms with Crippen molar-refractivity contribution < 1.29 is 23.5 Å². The van der Waals surface area contributed by atoms with Crippen molar-refractivity contribution in [2.75, 3.05) is 23.4 Å². The number of nitrogens with zero attached hydrogens (tertiary/aromatic N) is 1. The van der Waals surface area contributed by atoms with E-state index in [-0.39, 0.29) is 17.0 Å². The summed E-state index contributed by atoms with van der Waals surface area (Å²) in [7, 11) is 0. The number of amides is 2. The summed E-state index contributed by atoms with van der Waals surface area (Å²) in [6.07, 6.45) is 0. The molecule has 5 rings (SSSR count). The Balaban J connectivity index is 1.58. The Morgan fingerprint density at radius 1 is 0.844 bits per heavy atom. The molecule has 2 aliphatic heterocycles. The second-order valence-electron chi connectivity index (χ2n) is 7.16. The average Bonchev–Trinajstić information content (AvgIpc) is 3.04. The van der Waals surface area contributed by atoms with E-state index in [1.54, 1.807) is 42.5 Å². The van der Waals surface area contributed by atoms with E-state index in [1.165, 1.54) is 24.3 Å². The number of anilines is 2. The fourth-order valence-electron chi connectivity index (χ4n) is 3.62. The molecule has 0 saturated heterocycles. The second-order valence-corrected chi connectivity index (χ2v) is 7.60. The van der Waals surface area contributed by atoms with Crippen LogP contribution in [0.2, 0.25) is 5.02 Å². The van der Waals surface area contributed by atoms with E-state index in [0.717, 1.165) is 4.90 Å². The van der Waals surface area contributed by atoms with Gasteiger partial charge in [-0.25, -0.2) is 9.29 Å². The quantitative estimate of drug-likeness (QED) is 0.586. The van der Waals surface area contributed by atoms with Gasteiger partial charge < -0.3 is 14.8 Å². The Bertz CT molecular complexity index is 1260. The molecule has 0 saturated carbocycles. The van der Waals surface area contributed by atoms with Gasteiger partial charge in [0.1, 0.15) is 24.7 Å². The molecule has 0 aliphatic carbocycles. The number of hydrogen-bond donors (Lipinski definition) is 1. The lowest BCUT2D eigenvalue weighted by Gasteiger charge is -2.19. The lowest BCUT2D eigenvalue weighted by molar-refractivity contribution is -0.120. The second kappa shape index (κ2) is 8.01. The van der Waals surface area contributed by atoms with Crippen LogP contribution in [0, 0.1) is 5.82 Å². The lowest BCUT2D eigenvalue weighted by atomic mass is 10.0. The van der Waals surface area contributed by atoms with Gasteiger partial charge in [0.05, 0.1) is 11.3 Å². The minimum atomic E-state index is -0.554. The topological polar surface area (TPSA) is 67.9 Å². The predicted octanol–water partition coefficient (Wildman–Crippen LogP) is 4.65. The van der Waals surface area contributed by atoms with E-state index in [0.29, 0.717) is 41.0 Å². The minimum Gasteiger partial charge on any atom is -0.486 e. The maximum absolute atomic E-state index is 13.4. The van der Waals surface area contributed by atoms with Crippen LogP contribution < -0.4 is 19.7 Å². The number of carbonyl (C=O) groups excluding carboxylic acids is 2. The van der Waals surface area contributed by atoms with Crippen molar-refractivity contribution in [2.45, 2.75) is 0 Å². The molecule has 2 amide bonds. The molecule has 0 radical (unpaired) electrons. The van der Waals surface area contributed by atoms with Gasteiger partial charge >= 0.3 is 0 Å². The number of halogens is 2. The van der Waals surface area contributed by atoms with Gasteiger partial charge in [-0.05, 0) is 54.1 Å². The van der Waals surface area contributed by atoms with Crippen molar-refractivity contribution >= 4 is 40.4 Å². The zero-order chi connectivity index (χ0) is 22.2. The third-order valence-corrected chi connectivity index (χ3v) is 5.37. The van der Waals surface area contributed by atoms with Gasteiger partial charge in [-0.3, -0.25) is 9.59 Å². The number of benzene rings is 3. The van der Waals surface area contributed by atoms with Crippen molar-refractivity contribution in [1.82, 2.24) is 0 Å². The Labute approximate surface area is 187 Å². The minimum absolute atomic E-state index is 0.0957. The first-order valence-electron chi connectivity index (χ1n) is 9.82. The van der Waals surface area contributed by atoms with E-state index >= 15 is 0 Å². The van der Waals surface area contributed by atoms with E-state index < -0.39 is 17.6 Å². The lowest BCUT2D eigenvalue weighted by Crippen LogP contribution is -2.32. The zero-order valence-electron chi connectivity index (χ0n) is 16.6. The molecule has 0 unspecified atom stereocenters. The summed E-state index contributed by atoms with van der Waals surface area (Å²) in [4.78, 5) is 27.7. The van der Waals surface area contributed by atoms with Crippen molar-refractivity contribution in [3.8, 4) is 11.5 Å². The molecule has 0 aromatic heterocycles. The van der Waals surface area contributed by atoms with Gasteiger partial charge in [0.25, 0.3) is 11.8 Å². The zero-order valence-corrected chi connectivity index (χ0v) is 17.4. The Kier molecular flexibility index (Phi) is 5.03. The van der Waals surface area contributed by atoms with Crippen LogP contribution in [0.3, 0.4) is 0 Å². The molecule has 2 heterocycles. The molecule has 8 heteroatoms. The SMILES string of the molecule is O=C1C(Nc2ccc3c(c2)OCCO3)=C(c2ccc(Cl)cc2)C(=O)N1c1ccc(F)cc1. The molecule has 0 atom stereocenters. The van der Waals surface area contributed by atoms with Crippen molar-refractivity contribution in [1.29, 1.82) is 0 Å². The predicted molar refractivity (Wildman–Crippen MR) is 118 cm³/mol. The van der Waals surface area contributed by atoms with Crippen LogP contribution in [0.1, 0.15) is 5.56 Å². The smallest absolute Gasteiger partial charge is 0.282 e. The van der Waals surface area contributed by atoms with Crippen LogP contribution in [0.25, 0.3) is 5.57 Å². The van der Waals surface area contributed by atoms with Gasteiger partial charge in [0.15, 0.2) is 11.5 Å². The third kappa shape index (κ3) is 3.56. The van der Waals surface area contributed by atoms with Crippen molar-refractivity contribution in [3.05, 3.63) is 88.8 Å². The normalized spacial score (nSPS) is 15.4. The fourth-order valence-corrected chi connectivity index (χ4v) is 3.75. The molecule has 0 spiro atoms. The summed E-state index contributed by atoms with van der Waals surface area (Å²) in [5.41, 5.74) is 1.63. The van der Waals surface area contributed by atoms with Crippen LogP contribution in [0.4, 0.5) is 15.8 Å². The van der Waals surface area contributed by atoms with Crippen molar-refractivity contribution in [3.63, 3.8) is 0 Å². The summed E-state index contributed by atoms with van der Waals surface area (Å²) in [5, 5.41) is 3.57. The van der Waals surface area contributed by atoms with Crippen molar-refractivity contribution in [2.24, 2.45) is 0 Å². The monoisotopic (exact) mass is 450 g/mol. The first kappa shape index (κ1) is 20.1. The molecule has 2 aliphatic rings. The first-order chi connectivity index (χ1) is 15.5. The first-order valence-corrected chi connectivity index (χ1v) is 10.2. The average molecular weight is 451 g/mol. The van der Waals surface area contributed by atoms with Gasteiger partial charge in [0.2, 0.25) is 0 Å². The molecule has 6 nitrogen and oxygen atoms in total. The number of rotatable bonds is 4. The van der Waals surface area contributed by atoms with Crippen LogP contribution in [-0.2, 0) is 9.59 Å². The highest BCUT2D eigenvalue weighted by molar-refractivity contribution is 6.46. The molecular formula is C24H16ClFN2O4. The fraction of sp³-hybridized carbons (Fsp3) is 0.0833. The molecule has 0 bridgehead atoms. The van der Waals surface area contributed by atoms with E-state index in [4.69, 9.17) is 21.1 Å². The van der Waals surface area contributed by atoms with Crippen LogP contribution in [0.15, 0.2) is 72.4 Å². The Hall–Kier alpha value is -3.84. The summed E-state index contributed by atoms with van der Waals surface area (Å²) in [5.74, 6) is -0.392. The highest BCUT2D eigenvalue weighted by Gasteiger charge is 2.40. The number of hydrogen-bond acceptors (Lipinski definition) is 5. The number of imide groups is 1. The molecule has 3 aromatic rings. The number of ether oxygens (including phenoxy) is 2. The Morgan fingerprint density at radius 3 is 2.25 bits per heavy atom. The maximum Gasteiger partial charge on any atom is 0.282 e. The number of nitrogens with one attached hydrogen (secondary N) is 1. The molecule has 160 valence electrons. The maximum atomic E-state index is 13.4. The number of carbonyl (C=O) groups is 2. The van der Waals surface area contributed by atoms with Crippen LogP contribution in [-0.4, -0.2) is 25.0 Å². The largest absolute Gasteiger partial charge is 0.486 e. The summed E-state index contributed by atoms with van der Waals surface area (Å²) < 4.78 is 24.5. The molecule has 1 N–H and O–H groups in total. The van der Waals surface area contributed by atoms with Crippen LogP contribution >= 0.6 is 11.6 Å². The van der Waals surface area contributed by atoms with Gasteiger partial charge in [0, 0.05) is 16.8 Å². The number of fused-ring (bicyclic) bond motifs is 1. The van der Waals surface area contributed by atoms with Gasteiger partial charge in [-0.15, -0.1) is 0 Å². The molecule has 0 fully saturated rings. The van der Waals surface area contributed by atoms with Crippen LogP contribution in [0.5, 0.6) is 11.5 Å². The van der Waals surface area contributed by atoms with E-state index in [2.05, 4.69) is 5.32 Å². The summed E-state index contributed by atoms with van der Waals surface area (Å²) in [6.45, 7) is 0.885. The highest BCUT2D eigenvalue weighted by Crippen LogP contribution is 2.37. The highest BCUT2D eigenvalue weighted by atomic mass is 35.5. The van der Waals surface area contributed by atoms with Gasteiger partial charge in [-0.2, -0.15) is 0 Å². The van der Waals surface area contributed by atoms with Gasteiger partial charge in [-0.1, -0.05) is 23.7 Å². The summed E-state index contributed by atoms with van der Waals surface area (Å²) >= 11 is 6.00. The van der Waals surface area contributed by atoms with E-state index in [1.807, 2.05) is 0 Å².